The number of halogens is 2. The molecule has 2 nitrogen and oxygen atoms in total. The van der Waals surface area contributed by atoms with Gasteiger partial charge in [-0.1, -0.05) is 17.7 Å². The molecule has 0 fully saturated rings. The van der Waals surface area contributed by atoms with Crippen LogP contribution in [0.4, 0.5) is 5.69 Å². The summed E-state index contributed by atoms with van der Waals surface area (Å²) in [5, 5.41) is 3.36. The van der Waals surface area contributed by atoms with Gasteiger partial charge in [0.05, 0.1) is 0 Å². The van der Waals surface area contributed by atoms with Crippen LogP contribution in [-0.4, -0.2) is 4.98 Å². The molecule has 0 aliphatic rings. The van der Waals surface area contributed by atoms with E-state index in [4.69, 9.17) is 0 Å². The van der Waals surface area contributed by atoms with Crippen molar-refractivity contribution in [2.24, 2.45) is 0 Å². The highest BCUT2D eigenvalue weighted by atomic mass is 35.5. The average Bonchev–Trinajstić information content (AvgIpc) is 2.30. The van der Waals surface area contributed by atoms with Crippen molar-refractivity contribution >= 4 is 30.5 Å². The Kier molecular flexibility index (Phi) is 7.35. The van der Waals surface area contributed by atoms with E-state index in [1.807, 2.05) is 24.5 Å². The Morgan fingerprint density at radius 2 is 1.53 bits per heavy atom. The fourth-order valence-electron chi connectivity index (χ4n) is 1.38. The first-order chi connectivity index (χ1) is 7.34. The molecule has 0 aliphatic carbocycles. The smallest absolute Gasteiger partial charge is 0.0401 e. The quantitative estimate of drug-likeness (QED) is 0.917. The van der Waals surface area contributed by atoms with Crippen LogP contribution < -0.4 is 5.32 Å². The van der Waals surface area contributed by atoms with E-state index < -0.39 is 0 Å². The first-order valence-corrected chi connectivity index (χ1v) is 5.04. The molecule has 1 aromatic carbocycles. The van der Waals surface area contributed by atoms with E-state index in [1.54, 1.807) is 0 Å². The van der Waals surface area contributed by atoms with E-state index in [-0.39, 0.29) is 24.8 Å². The van der Waals surface area contributed by atoms with Gasteiger partial charge >= 0.3 is 0 Å². The highest BCUT2D eigenvalue weighted by Crippen LogP contribution is 2.10. The minimum absolute atomic E-state index is 0. The fraction of sp³-hybridized carbons (Fsp3) is 0.154. The van der Waals surface area contributed by atoms with Crippen LogP contribution in [-0.2, 0) is 6.54 Å². The van der Waals surface area contributed by atoms with Crippen molar-refractivity contribution < 1.29 is 0 Å². The number of nitrogens with one attached hydrogen (secondary N) is 1. The molecule has 0 atom stereocenters. The number of hydrogen-bond donors (Lipinski definition) is 1. The topological polar surface area (TPSA) is 24.9 Å². The van der Waals surface area contributed by atoms with Gasteiger partial charge in [-0.25, -0.2) is 0 Å². The number of benzene rings is 1. The zero-order valence-corrected chi connectivity index (χ0v) is 11.2. The predicted molar refractivity (Wildman–Crippen MR) is 77.2 cm³/mol. The number of aryl methyl sites for hydroxylation is 1. The molecule has 0 radical (unpaired) electrons. The lowest BCUT2D eigenvalue weighted by Crippen LogP contribution is -1.98. The van der Waals surface area contributed by atoms with Gasteiger partial charge in [0.25, 0.3) is 0 Å². The molecule has 0 saturated heterocycles. The number of nitrogens with zero attached hydrogens (tertiary/aromatic N) is 1. The van der Waals surface area contributed by atoms with Gasteiger partial charge in [-0.3, -0.25) is 4.98 Å². The van der Waals surface area contributed by atoms with Crippen LogP contribution in [0.2, 0.25) is 0 Å². The molecule has 0 spiro atoms. The van der Waals surface area contributed by atoms with Crippen LogP contribution >= 0.6 is 24.8 Å². The fourth-order valence-corrected chi connectivity index (χ4v) is 1.38. The van der Waals surface area contributed by atoms with E-state index in [2.05, 4.69) is 41.5 Å². The summed E-state index contributed by atoms with van der Waals surface area (Å²) < 4.78 is 0. The minimum Gasteiger partial charge on any atom is -0.381 e. The number of hydrogen-bond acceptors (Lipinski definition) is 2. The molecule has 4 heteroatoms. The maximum Gasteiger partial charge on any atom is 0.0401 e. The van der Waals surface area contributed by atoms with Gasteiger partial charge in [-0.2, -0.15) is 0 Å². The summed E-state index contributed by atoms with van der Waals surface area (Å²) in [6.07, 6.45) is 3.62. The maximum absolute atomic E-state index is 3.98. The summed E-state index contributed by atoms with van der Waals surface area (Å²) in [4.78, 5) is 3.98. The Bertz CT molecular complexity index is 415. The number of rotatable bonds is 3. The van der Waals surface area contributed by atoms with Crippen LogP contribution in [0.5, 0.6) is 0 Å². The second-order valence-corrected chi connectivity index (χ2v) is 3.58. The van der Waals surface area contributed by atoms with Crippen molar-refractivity contribution in [2.75, 3.05) is 5.32 Å². The number of pyridine rings is 1. The van der Waals surface area contributed by atoms with Gasteiger partial charge in [0, 0.05) is 24.6 Å². The Morgan fingerprint density at radius 3 is 2.12 bits per heavy atom. The zero-order chi connectivity index (χ0) is 10.5. The zero-order valence-electron chi connectivity index (χ0n) is 9.59. The van der Waals surface area contributed by atoms with Gasteiger partial charge in [-0.05, 0) is 36.8 Å². The van der Waals surface area contributed by atoms with E-state index in [9.17, 15) is 0 Å². The summed E-state index contributed by atoms with van der Waals surface area (Å²) in [5.74, 6) is 0. The molecule has 1 N–H and O–H groups in total. The molecule has 0 bridgehead atoms. The van der Waals surface area contributed by atoms with Gasteiger partial charge in [-0.15, -0.1) is 24.8 Å². The van der Waals surface area contributed by atoms with E-state index in [0.29, 0.717) is 0 Å². The van der Waals surface area contributed by atoms with Crippen LogP contribution in [0.1, 0.15) is 11.1 Å². The Hall–Kier alpha value is -1.25. The monoisotopic (exact) mass is 270 g/mol. The standard InChI is InChI=1S/C13H14N2.2ClH/c1-11-2-4-13(5-3-11)15-10-12-6-8-14-9-7-12;;/h2-9,15H,10H2,1H3;2*1H. The lowest BCUT2D eigenvalue weighted by atomic mass is 10.2. The molecule has 2 rings (SSSR count). The molecular formula is C13H16Cl2N2. The summed E-state index contributed by atoms with van der Waals surface area (Å²) in [7, 11) is 0. The second kappa shape index (κ2) is 7.93. The number of aromatic nitrogens is 1. The molecule has 17 heavy (non-hydrogen) atoms. The third-order valence-corrected chi connectivity index (χ3v) is 2.30. The first kappa shape index (κ1) is 15.8. The van der Waals surface area contributed by atoms with Crippen LogP contribution in [0, 0.1) is 6.92 Å². The molecule has 2 aromatic rings. The lowest BCUT2D eigenvalue weighted by molar-refractivity contribution is 1.13. The third kappa shape index (κ3) is 5.07. The summed E-state index contributed by atoms with van der Waals surface area (Å²) >= 11 is 0. The lowest BCUT2D eigenvalue weighted by Gasteiger charge is -2.06. The van der Waals surface area contributed by atoms with Crippen LogP contribution in [0.3, 0.4) is 0 Å². The first-order valence-electron chi connectivity index (χ1n) is 5.04. The summed E-state index contributed by atoms with van der Waals surface area (Å²) in [5.41, 5.74) is 3.67. The van der Waals surface area contributed by atoms with Gasteiger partial charge in [0.1, 0.15) is 0 Å². The normalized spacial score (nSPS) is 8.76. The van der Waals surface area contributed by atoms with Crippen LogP contribution in [0.15, 0.2) is 48.8 Å². The van der Waals surface area contributed by atoms with Gasteiger partial charge in [0.15, 0.2) is 0 Å². The van der Waals surface area contributed by atoms with Crippen molar-refractivity contribution in [3.63, 3.8) is 0 Å². The Labute approximate surface area is 114 Å². The predicted octanol–water partition coefficient (Wildman–Crippen LogP) is 3.85. The number of anilines is 1. The third-order valence-electron chi connectivity index (χ3n) is 2.30. The van der Waals surface area contributed by atoms with Crippen molar-refractivity contribution in [3.8, 4) is 0 Å². The van der Waals surface area contributed by atoms with Crippen molar-refractivity contribution in [1.29, 1.82) is 0 Å². The molecule has 1 aromatic heterocycles. The summed E-state index contributed by atoms with van der Waals surface area (Å²) in [6.45, 7) is 2.93. The summed E-state index contributed by atoms with van der Waals surface area (Å²) in [6, 6.07) is 12.4. The minimum atomic E-state index is 0. The molecule has 0 saturated carbocycles. The SMILES string of the molecule is Cc1ccc(NCc2ccncc2)cc1.Cl.Cl. The van der Waals surface area contributed by atoms with Gasteiger partial charge in [0.2, 0.25) is 0 Å². The largest absolute Gasteiger partial charge is 0.381 e. The van der Waals surface area contributed by atoms with Crippen molar-refractivity contribution in [3.05, 3.63) is 59.9 Å². The molecule has 92 valence electrons. The Balaban J connectivity index is 0.00000128. The van der Waals surface area contributed by atoms with Gasteiger partial charge < -0.3 is 5.32 Å². The molecule has 0 aliphatic heterocycles. The van der Waals surface area contributed by atoms with Crippen LogP contribution in [0.25, 0.3) is 0 Å². The van der Waals surface area contributed by atoms with Crippen molar-refractivity contribution in [1.82, 2.24) is 4.98 Å². The molecule has 0 unspecified atom stereocenters. The van der Waals surface area contributed by atoms with E-state index in [1.165, 1.54) is 11.1 Å². The molecule has 0 amide bonds. The highest BCUT2D eigenvalue weighted by molar-refractivity contribution is 5.85. The maximum atomic E-state index is 3.98. The molecular weight excluding hydrogens is 255 g/mol. The van der Waals surface area contributed by atoms with E-state index in [0.717, 1.165) is 12.2 Å². The second-order valence-electron chi connectivity index (χ2n) is 3.58. The molecule has 1 heterocycles. The Morgan fingerprint density at radius 1 is 0.941 bits per heavy atom. The van der Waals surface area contributed by atoms with Crippen molar-refractivity contribution in [2.45, 2.75) is 13.5 Å². The van der Waals surface area contributed by atoms with E-state index >= 15 is 0 Å². The highest BCUT2D eigenvalue weighted by Gasteiger charge is 1.92. The average molecular weight is 271 g/mol.